The first-order valence-corrected chi connectivity index (χ1v) is 6.00. The van der Waals surface area contributed by atoms with Crippen LogP contribution < -0.4 is 10.5 Å². The van der Waals surface area contributed by atoms with Gasteiger partial charge in [0.1, 0.15) is 5.75 Å². The van der Waals surface area contributed by atoms with Crippen LogP contribution in [-0.4, -0.2) is 31.9 Å². The zero-order chi connectivity index (χ0) is 12.6. The molecule has 1 aromatic heterocycles. The van der Waals surface area contributed by atoms with Crippen molar-refractivity contribution in [3.8, 4) is 5.75 Å². The lowest BCUT2D eigenvalue weighted by Crippen LogP contribution is -2.52. The predicted molar refractivity (Wildman–Crippen MR) is 69.8 cm³/mol. The highest BCUT2D eigenvalue weighted by molar-refractivity contribution is 5.86. The quantitative estimate of drug-likeness (QED) is 0.888. The van der Waals surface area contributed by atoms with Crippen LogP contribution in [-0.2, 0) is 10.2 Å². The first kappa shape index (κ1) is 11.4. The second-order valence-corrected chi connectivity index (χ2v) is 4.72. The predicted octanol–water partition coefficient (Wildman–Crippen LogP) is 1.47. The smallest absolute Gasteiger partial charge is 0.119 e. The van der Waals surface area contributed by atoms with Crippen LogP contribution in [0, 0.1) is 0 Å². The van der Waals surface area contributed by atoms with E-state index in [-0.39, 0.29) is 5.41 Å². The molecular weight excluding hydrogens is 228 g/mol. The van der Waals surface area contributed by atoms with E-state index in [1.807, 2.05) is 30.5 Å². The number of hydrogen-bond acceptors (Lipinski definition) is 4. The number of ether oxygens (including phenoxy) is 2. The normalized spacial score (nSPS) is 17.4. The lowest BCUT2D eigenvalue weighted by Gasteiger charge is -2.40. The fourth-order valence-corrected chi connectivity index (χ4v) is 2.41. The van der Waals surface area contributed by atoms with E-state index in [4.69, 9.17) is 15.2 Å². The minimum Gasteiger partial charge on any atom is -0.497 e. The molecule has 0 radical (unpaired) electrons. The summed E-state index contributed by atoms with van der Waals surface area (Å²) in [5, 5.41) is 2.26. The Hall–Kier alpha value is -1.65. The Morgan fingerprint density at radius 3 is 2.83 bits per heavy atom. The molecule has 0 aliphatic carbocycles. The van der Waals surface area contributed by atoms with Gasteiger partial charge in [-0.25, -0.2) is 0 Å². The maximum absolute atomic E-state index is 5.90. The number of hydrogen-bond donors (Lipinski definition) is 1. The summed E-state index contributed by atoms with van der Waals surface area (Å²) in [5.74, 6) is 0.853. The molecule has 1 saturated heterocycles. The second-order valence-electron chi connectivity index (χ2n) is 4.72. The van der Waals surface area contributed by atoms with Gasteiger partial charge in [0.25, 0.3) is 0 Å². The number of fused-ring (bicyclic) bond motifs is 1. The number of aromatic nitrogens is 1. The third-order valence-corrected chi connectivity index (χ3v) is 3.62. The van der Waals surface area contributed by atoms with Gasteiger partial charge in [-0.2, -0.15) is 0 Å². The van der Waals surface area contributed by atoms with Crippen LogP contribution in [0.2, 0.25) is 0 Å². The zero-order valence-corrected chi connectivity index (χ0v) is 10.3. The van der Waals surface area contributed by atoms with Crippen molar-refractivity contribution < 1.29 is 9.47 Å². The molecule has 4 nitrogen and oxygen atoms in total. The maximum atomic E-state index is 5.90. The molecule has 1 fully saturated rings. The minimum absolute atomic E-state index is 0.117. The van der Waals surface area contributed by atoms with Crippen LogP contribution in [0.3, 0.4) is 0 Å². The van der Waals surface area contributed by atoms with Gasteiger partial charge >= 0.3 is 0 Å². The van der Waals surface area contributed by atoms with E-state index in [1.54, 1.807) is 7.11 Å². The van der Waals surface area contributed by atoms with Gasteiger partial charge in [-0.15, -0.1) is 0 Å². The van der Waals surface area contributed by atoms with Crippen molar-refractivity contribution in [3.05, 3.63) is 36.2 Å². The van der Waals surface area contributed by atoms with Gasteiger partial charge in [0.05, 0.1) is 31.4 Å². The topological polar surface area (TPSA) is 57.4 Å². The summed E-state index contributed by atoms with van der Waals surface area (Å²) in [7, 11) is 1.67. The van der Waals surface area contributed by atoms with Gasteiger partial charge in [-0.05, 0) is 29.7 Å². The second kappa shape index (κ2) is 4.23. The summed E-state index contributed by atoms with van der Waals surface area (Å²) >= 11 is 0. The standard InChI is InChI=1S/C14H16N2O2/c1-17-11-2-3-12-10(6-11)4-5-16-13(12)14(7-15)8-18-9-14/h2-6H,7-9,15H2,1H3. The Labute approximate surface area is 106 Å². The molecule has 0 amide bonds. The van der Waals surface area contributed by atoms with E-state index < -0.39 is 0 Å². The zero-order valence-electron chi connectivity index (χ0n) is 10.3. The first-order chi connectivity index (χ1) is 8.79. The largest absolute Gasteiger partial charge is 0.497 e. The van der Waals surface area contributed by atoms with Crippen LogP contribution >= 0.6 is 0 Å². The Morgan fingerprint density at radius 1 is 1.39 bits per heavy atom. The minimum atomic E-state index is -0.117. The Kier molecular flexibility index (Phi) is 2.69. The van der Waals surface area contributed by atoms with Gasteiger partial charge < -0.3 is 15.2 Å². The van der Waals surface area contributed by atoms with Gasteiger partial charge in [0, 0.05) is 18.1 Å². The molecule has 1 aliphatic heterocycles. The summed E-state index contributed by atoms with van der Waals surface area (Å²) in [6, 6.07) is 8.01. The summed E-state index contributed by atoms with van der Waals surface area (Å²) in [6.07, 6.45) is 1.83. The Morgan fingerprint density at radius 2 is 2.22 bits per heavy atom. The van der Waals surface area contributed by atoms with Crippen molar-refractivity contribution in [1.82, 2.24) is 4.98 Å². The van der Waals surface area contributed by atoms with Crippen molar-refractivity contribution in [2.75, 3.05) is 26.9 Å². The monoisotopic (exact) mass is 244 g/mol. The average Bonchev–Trinajstić information content (AvgIpc) is 2.37. The summed E-state index contributed by atoms with van der Waals surface area (Å²) < 4.78 is 10.6. The number of benzene rings is 1. The highest BCUT2D eigenvalue weighted by atomic mass is 16.5. The number of nitrogens with two attached hydrogens (primary N) is 1. The molecule has 18 heavy (non-hydrogen) atoms. The lowest BCUT2D eigenvalue weighted by atomic mass is 9.80. The number of nitrogens with zero attached hydrogens (tertiary/aromatic N) is 1. The van der Waals surface area contributed by atoms with Crippen LogP contribution in [0.1, 0.15) is 5.69 Å². The van der Waals surface area contributed by atoms with Gasteiger partial charge in [-0.3, -0.25) is 4.98 Å². The molecule has 4 heteroatoms. The van der Waals surface area contributed by atoms with Crippen LogP contribution in [0.4, 0.5) is 0 Å². The summed E-state index contributed by atoms with van der Waals surface area (Å²) in [6.45, 7) is 1.87. The first-order valence-electron chi connectivity index (χ1n) is 6.00. The third kappa shape index (κ3) is 1.57. The number of methoxy groups -OCH3 is 1. The molecule has 1 aliphatic rings. The van der Waals surface area contributed by atoms with Crippen LogP contribution in [0.15, 0.2) is 30.5 Å². The molecule has 0 bridgehead atoms. The van der Waals surface area contributed by atoms with Crippen LogP contribution in [0.5, 0.6) is 5.75 Å². The molecule has 2 heterocycles. The summed E-state index contributed by atoms with van der Waals surface area (Å²) in [4.78, 5) is 4.53. The molecule has 2 aromatic rings. The molecule has 2 N–H and O–H groups in total. The van der Waals surface area contributed by atoms with Crippen molar-refractivity contribution in [3.63, 3.8) is 0 Å². The van der Waals surface area contributed by atoms with E-state index in [1.165, 1.54) is 0 Å². The molecule has 94 valence electrons. The van der Waals surface area contributed by atoms with Crippen molar-refractivity contribution in [2.24, 2.45) is 5.73 Å². The van der Waals surface area contributed by atoms with E-state index >= 15 is 0 Å². The molecule has 0 spiro atoms. The van der Waals surface area contributed by atoms with E-state index in [0.717, 1.165) is 22.2 Å². The van der Waals surface area contributed by atoms with Gasteiger partial charge in [0.15, 0.2) is 0 Å². The van der Waals surface area contributed by atoms with Crippen molar-refractivity contribution in [1.29, 1.82) is 0 Å². The summed E-state index contributed by atoms with van der Waals surface area (Å²) in [5.41, 5.74) is 6.82. The fourth-order valence-electron chi connectivity index (χ4n) is 2.41. The Balaban J connectivity index is 2.18. The highest BCUT2D eigenvalue weighted by Gasteiger charge is 2.41. The SMILES string of the molecule is COc1ccc2c(C3(CN)COC3)nccc2c1. The van der Waals surface area contributed by atoms with E-state index in [0.29, 0.717) is 19.8 Å². The Bertz CT molecular complexity index is 574. The van der Waals surface area contributed by atoms with Gasteiger partial charge in [0.2, 0.25) is 0 Å². The van der Waals surface area contributed by atoms with Crippen molar-refractivity contribution >= 4 is 10.8 Å². The number of rotatable bonds is 3. The fraction of sp³-hybridized carbons (Fsp3) is 0.357. The number of pyridine rings is 1. The van der Waals surface area contributed by atoms with Gasteiger partial charge in [-0.1, -0.05) is 0 Å². The maximum Gasteiger partial charge on any atom is 0.119 e. The lowest BCUT2D eigenvalue weighted by molar-refractivity contribution is -0.0563. The van der Waals surface area contributed by atoms with E-state index in [2.05, 4.69) is 4.98 Å². The molecule has 0 atom stereocenters. The van der Waals surface area contributed by atoms with Crippen molar-refractivity contribution in [2.45, 2.75) is 5.41 Å². The average molecular weight is 244 g/mol. The molecule has 3 rings (SSSR count). The van der Waals surface area contributed by atoms with E-state index in [9.17, 15) is 0 Å². The van der Waals surface area contributed by atoms with Crippen LogP contribution in [0.25, 0.3) is 10.8 Å². The third-order valence-electron chi connectivity index (χ3n) is 3.62. The highest BCUT2D eigenvalue weighted by Crippen LogP contribution is 2.35. The molecule has 1 aromatic carbocycles. The molecular formula is C14H16N2O2. The molecule has 0 unspecified atom stereocenters. The molecule has 0 saturated carbocycles.